The van der Waals surface area contributed by atoms with Gasteiger partial charge in [-0.2, -0.15) is 0 Å². The Bertz CT molecular complexity index is 512. The molecule has 0 bridgehead atoms. The van der Waals surface area contributed by atoms with Crippen molar-refractivity contribution < 1.29 is 4.74 Å². The van der Waals surface area contributed by atoms with Crippen LogP contribution >= 0.6 is 0 Å². The van der Waals surface area contributed by atoms with E-state index >= 15 is 0 Å². The number of hydrogen-bond donors (Lipinski definition) is 1. The number of imidazole rings is 1. The summed E-state index contributed by atoms with van der Waals surface area (Å²) in [7, 11) is 0. The van der Waals surface area contributed by atoms with Gasteiger partial charge >= 0.3 is 0 Å². The zero-order valence-corrected chi connectivity index (χ0v) is 10.2. The van der Waals surface area contributed by atoms with Crippen LogP contribution in [0.2, 0.25) is 0 Å². The van der Waals surface area contributed by atoms with Crippen LogP contribution in [0, 0.1) is 0 Å². The Balaban J connectivity index is 1.95. The molecule has 0 spiro atoms. The number of aromatic nitrogens is 2. The van der Waals surface area contributed by atoms with Gasteiger partial charge in [-0.25, -0.2) is 4.98 Å². The normalized spacial score (nSPS) is 20.9. The van der Waals surface area contributed by atoms with Gasteiger partial charge in [-0.15, -0.1) is 0 Å². The fourth-order valence-electron chi connectivity index (χ4n) is 2.45. The molecule has 2 heterocycles. The van der Waals surface area contributed by atoms with Crippen LogP contribution in [0.1, 0.15) is 37.1 Å². The van der Waals surface area contributed by atoms with E-state index in [1.807, 2.05) is 0 Å². The van der Waals surface area contributed by atoms with Crippen molar-refractivity contribution in [2.45, 2.75) is 32.1 Å². The summed E-state index contributed by atoms with van der Waals surface area (Å²) in [4.78, 5) is 8.13. The lowest BCUT2D eigenvalue weighted by molar-refractivity contribution is 0.0784. The van der Waals surface area contributed by atoms with Gasteiger partial charge in [-0.3, -0.25) is 0 Å². The Kier molecular flexibility index (Phi) is 2.85. The summed E-state index contributed by atoms with van der Waals surface area (Å²) in [5.41, 5.74) is 3.58. The van der Waals surface area contributed by atoms with Crippen molar-refractivity contribution in [1.82, 2.24) is 9.97 Å². The van der Waals surface area contributed by atoms with Gasteiger partial charge in [0.05, 0.1) is 17.6 Å². The van der Waals surface area contributed by atoms with Crippen molar-refractivity contribution in [3.63, 3.8) is 0 Å². The van der Waals surface area contributed by atoms with Gasteiger partial charge in [-0.05, 0) is 37.0 Å². The van der Waals surface area contributed by atoms with E-state index in [0.717, 1.165) is 42.9 Å². The summed E-state index contributed by atoms with van der Waals surface area (Å²) in [5, 5.41) is 0. The third kappa shape index (κ3) is 2.07. The molecule has 17 heavy (non-hydrogen) atoms. The zero-order valence-electron chi connectivity index (χ0n) is 10.2. The van der Waals surface area contributed by atoms with Crippen molar-refractivity contribution in [2.75, 3.05) is 13.2 Å². The molecule has 1 aromatic heterocycles. The summed E-state index contributed by atoms with van der Waals surface area (Å²) >= 11 is 0. The fraction of sp³-hybridized carbons (Fsp3) is 0.500. The predicted octanol–water partition coefficient (Wildman–Crippen LogP) is 3.02. The molecule has 0 saturated carbocycles. The highest BCUT2D eigenvalue weighted by Crippen LogP contribution is 2.25. The largest absolute Gasteiger partial charge is 0.381 e. The molecule has 1 aliphatic rings. The Hall–Kier alpha value is -1.35. The van der Waals surface area contributed by atoms with E-state index in [2.05, 4.69) is 35.1 Å². The number of nitrogens with one attached hydrogen (secondary N) is 1. The van der Waals surface area contributed by atoms with Crippen molar-refractivity contribution in [3.05, 3.63) is 29.6 Å². The van der Waals surface area contributed by atoms with Crippen molar-refractivity contribution >= 4 is 11.0 Å². The van der Waals surface area contributed by atoms with Crippen molar-refractivity contribution in [1.29, 1.82) is 0 Å². The van der Waals surface area contributed by atoms with E-state index < -0.39 is 0 Å². The van der Waals surface area contributed by atoms with Gasteiger partial charge in [0.1, 0.15) is 5.82 Å². The molecule has 0 radical (unpaired) electrons. The zero-order chi connectivity index (χ0) is 11.7. The molecule has 3 nitrogen and oxygen atoms in total. The van der Waals surface area contributed by atoms with Crippen molar-refractivity contribution in [3.8, 4) is 0 Å². The predicted molar refractivity (Wildman–Crippen MR) is 68.3 cm³/mol. The molecule has 2 aromatic rings. The molecule has 0 aliphatic carbocycles. The molecule has 3 rings (SSSR count). The quantitative estimate of drug-likeness (QED) is 0.861. The summed E-state index contributed by atoms with van der Waals surface area (Å²) in [5.74, 6) is 1.54. The molecular weight excluding hydrogens is 212 g/mol. The van der Waals surface area contributed by atoms with E-state index in [-0.39, 0.29) is 0 Å². The number of fused-ring (bicyclic) bond motifs is 1. The maximum Gasteiger partial charge on any atom is 0.112 e. The van der Waals surface area contributed by atoms with Crippen LogP contribution in [-0.2, 0) is 11.2 Å². The minimum atomic E-state index is 0.446. The van der Waals surface area contributed by atoms with E-state index in [4.69, 9.17) is 4.74 Å². The standard InChI is InChI=1S/C14H18N2O/c1-2-10-5-6-12-13(8-10)16-14(15-12)11-4-3-7-17-9-11/h5-6,8,11H,2-4,7,9H2,1H3,(H,15,16). The molecule has 1 aliphatic heterocycles. The van der Waals surface area contributed by atoms with E-state index in [1.165, 1.54) is 12.0 Å². The Morgan fingerprint density at radius 1 is 1.47 bits per heavy atom. The number of benzene rings is 1. The Labute approximate surface area is 101 Å². The minimum Gasteiger partial charge on any atom is -0.381 e. The molecule has 1 saturated heterocycles. The van der Waals surface area contributed by atoms with Crippen LogP contribution in [0.4, 0.5) is 0 Å². The number of aromatic amines is 1. The Morgan fingerprint density at radius 2 is 2.41 bits per heavy atom. The lowest BCUT2D eigenvalue weighted by Gasteiger charge is -2.19. The lowest BCUT2D eigenvalue weighted by Crippen LogP contribution is -2.16. The highest BCUT2D eigenvalue weighted by atomic mass is 16.5. The molecule has 1 N–H and O–H groups in total. The van der Waals surface area contributed by atoms with Crippen LogP contribution in [0.3, 0.4) is 0 Å². The molecule has 90 valence electrons. The third-order valence-electron chi connectivity index (χ3n) is 3.52. The molecule has 1 unspecified atom stereocenters. The highest BCUT2D eigenvalue weighted by Gasteiger charge is 2.19. The molecule has 0 amide bonds. The Morgan fingerprint density at radius 3 is 3.18 bits per heavy atom. The first-order valence-electron chi connectivity index (χ1n) is 6.43. The maximum absolute atomic E-state index is 5.52. The van der Waals surface area contributed by atoms with Crippen LogP contribution < -0.4 is 0 Å². The molecule has 1 atom stereocenters. The van der Waals surface area contributed by atoms with Crippen LogP contribution in [0.25, 0.3) is 11.0 Å². The van der Waals surface area contributed by atoms with Gasteiger partial charge in [0, 0.05) is 12.5 Å². The summed E-state index contributed by atoms with van der Waals surface area (Å²) in [6.45, 7) is 3.88. The van der Waals surface area contributed by atoms with Gasteiger partial charge < -0.3 is 9.72 Å². The summed E-state index contributed by atoms with van der Waals surface area (Å²) in [6.07, 6.45) is 3.39. The van der Waals surface area contributed by atoms with Crippen LogP contribution in [0.15, 0.2) is 18.2 Å². The molecule has 3 heteroatoms. The minimum absolute atomic E-state index is 0.446. The van der Waals surface area contributed by atoms with E-state index in [1.54, 1.807) is 0 Å². The lowest BCUT2D eigenvalue weighted by atomic mass is 10.0. The van der Waals surface area contributed by atoms with Crippen molar-refractivity contribution in [2.24, 2.45) is 0 Å². The first-order chi connectivity index (χ1) is 8.36. The number of nitrogens with zero attached hydrogens (tertiary/aromatic N) is 1. The summed E-state index contributed by atoms with van der Waals surface area (Å²) < 4.78 is 5.52. The molecular formula is C14H18N2O. The van der Waals surface area contributed by atoms with Gasteiger partial charge in [0.15, 0.2) is 0 Å². The first kappa shape index (κ1) is 10.8. The monoisotopic (exact) mass is 230 g/mol. The third-order valence-corrected chi connectivity index (χ3v) is 3.52. The molecule has 1 aromatic carbocycles. The summed E-state index contributed by atoms with van der Waals surface area (Å²) in [6, 6.07) is 6.47. The van der Waals surface area contributed by atoms with Gasteiger partial charge in [0.25, 0.3) is 0 Å². The number of aryl methyl sites for hydroxylation is 1. The van der Waals surface area contributed by atoms with Gasteiger partial charge in [0.2, 0.25) is 0 Å². The van der Waals surface area contributed by atoms with Crippen LogP contribution in [0.5, 0.6) is 0 Å². The van der Waals surface area contributed by atoms with E-state index in [9.17, 15) is 0 Å². The number of ether oxygens (including phenoxy) is 1. The maximum atomic E-state index is 5.52. The topological polar surface area (TPSA) is 37.9 Å². The fourth-order valence-corrected chi connectivity index (χ4v) is 2.45. The van der Waals surface area contributed by atoms with E-state index in [0.29, 0.717) is 5.92 Å². The average molecular weight is 230 g/mol. The number of H-pyrrole nitrogens is 1. The average Bonchev–Trinajstić information content (AvgIpc) is 2.82. The smallest absolute Gasteiger partial charge is 0.112 e. The molecule has 1 fully saturated rings. The second-order valence-electron chi connectivity index (χ2n) is 4.74. The number of rotatable bonds is 2. The number of hydrogen-bond acceptors (Lipinski definition) is 2. The van der Waals surface area contributed by atoms with Crippen LogP contribution in [-0.4, -0.2) is 23.2 Å². The SMILES string of the molecule is CCc1ccc2nc(C3CCCOC3)[nH]c2c1. The first-order valence-corrected chi connectivity index (χ1v) is 6.43. The second-order valence-corrected chi connectivity index (χ2v) is 4.74. The van der Waals surface area contributed by atoms with Gasteiger partial charge in [-0.1, -0.05) is 13.0 Å². The second kappa shape index (κ2) is 4.49. The highest BCUT2D eigenvalue weighted by molar-refractivity contribution is 5.76.